The van der Waals surface area contributed by atoms with E-state index in [4.69, 9.17) is 0 Å². The molecule has 0 aliphatic heterocycles. The molecule has 0 rings (SSSR count). The minimum Gasteiger partial charge on any atom is -1.00 e. The molecule has 1 nitrogen and oxygen atoms in total. The van der Waals surface area contributed by atoms with Crippen LogP contribution in [0.3, 0.4) is 0 Å². The third kappa shape index (κ3) is 27.0. The Hall–Kier alpha value is 3.21. The molecule has 0 aromatic rings. The average Bonchev–Trinajstić information content (AvgIpc) is 0. The summed E-state index contributed by atoms with van der Waals surface area (Å²) in [5.41, 5.74) is 0. The molecule has 0 spiro atoms. The fourth-order valence-corrected chi connectivity index (χ4v) is 0. The van der Waals surface area contributed by atoms with E-state index in [0.717, 1.165) is 0 Å². The molecule has 0 aliphatic rings. The van der Waals surface area contributed by atoms with Crippen LogP contribution in [-0.2, 0) is 72.3 Å². The number of rotatable bonds is 0. The Labute approximate surface area is 107 Å². The summed E-state index contributed by atoms with van der Waals surface area (Å²) in [6.45, 7) is 0. The molecular formula is H3CuMnNaNiOTi. The van der Waals surface area contributed by atoms with Gasteiger partial charge in [-0.25, -0.2) is 0 Å². The monoisotopic (exact) mass is 266 g/mol. The summed E-state index contributed by atoms with van der Waals surface area (Å²) in [6.07, 6.45) is 0. The molecule has 0 aliphatic carbocycles. The Kier molecular flexibility index (Phi) is 417. The van der Waals surface area contributed by atoms with Gasteiger partial charge in [0, 0.05) is 72.3 Å². The molecule has 42 valence electrons. The Balaban J connectivity index is 0. The predicted octanol–water partition coefficient (Wildman–Crippen LogP) is -3.72. The minimum absolute atomic E-state index is 0. The summed E-state index contributed by atoms with van der Waals surface area (Å²) in [5.74, 6) is 0. The van der Waals surface area contributed by atoms with E-state index in [1.165, 1.54) is 0 Å². The van der Waals surface area contributed by atoms with E-state index in [9.17, 15) is 0 Å². The van der Waals surface area contributed by atoms with Crippen molar-refractivity contribution < 1.29 is 109 Å². The topological polar surface area (TPSA) is 31.5 Å². The molecule has 0 aromatic heterocycles. The van der Waals surface area contributed by atoms with Gasteiger partial charge >= 0.3 is 29.6 Å². The van der Waals surface area contributed by atoms with Gasteiger partial charge in [-0.05, 0) is 0 Å². The van der Waals surface area contributed by atoms with Crippen molar-refractivity contribution in [2.45, 2.75) is 0 Å². The van der Waals surface area contributed by atoms with Gasteiger partial charge in [-0.2, -0.15) is 0 Å². The maximum atomic E-state index is 0. The van der Waals surface area contributed by atoms with Crippen molar-refractivity contribution in [3.05, 3.63) is 0 Å². The van der Waals surface area contributed by atoms with Crippen LogP contribution >= 0.6 is 0 Å². The molecular weight excluding hydrogens is 264 g/mol. The SMILES string of the molecule is O.[Cu].[H-].[Mn].[Na+].[Ni].[Ti]. The van der Waals surface area contributed by atoms with Crippen LogP contribution in [-0.4, -0.2) is 5.48 Å². The first-order valence-electron chi connectivity index (χ1n) is 0. The van der Waals surface area contributed by atoms with Crippen LogP contribution in [0.15, 0.2) is 0 Å². The summed E-state index contributed by atoms with van der Waals surface area (Å²) in [5, 5.41) is 0. The van der Waals surface area contributed by atoms with Gasteiger partial charge in [0.05, 0.1) is 0 Å². The standard InChI is InChI=1S/Cu.Mn.Na.Ni.H2O.Ti.H/h;;;;1H2;;/q;;+1;;;;-1. The molecule has 0 saturated heterocycles. The van der Waals surface area contributed by atoms with E-state index < -0.39 is 0 Å². The van der Waals surface area contributed by atoms with Gasteiger partial charge in [-0.3, -0.25) is 0 Å². The molecule has 0 amide bonds. The molecule has 6 heteroatoms. The first-order chi connectivity index (χ1) is 0. The normalized spacial score (nSPS) is 0. The summed E-state index contributed by atoms with van der Waals surface area (Å²) < 4.78 is 0. The number of hydrogen-bond donors (Lipinski definition) is 0. The molecule has 0 aromatic carbocycles. The third-order valence-corrected chi connectivity index (χ3v) is 0. The molecule has 0 atom stereocenters. The van der Waals surface area contributed by atoms with Crippen LogP contribution in [0.1, 0.15) is 1.43 Å². The Morgan fingerprint density at radius 3 is 1.17 bits per heavy atom. The zero-order valence-electron chi connectivity index (χ0n) is 4.00. The minimum atomic E-state index is 0. The van der Waals surface area contributed by atoms with E-state index in [2.05, 4.69) is 0 Å². The van der Waals surface area contributed by atoms with Gasteiger partial charge in [0.1, 0.15) is 0 Å². The second kappa shape index (κ2) is 41.4. The van der Waals surface area contributed by atoms with Gasteiger partial charge < -0.3 is 6.90 Å². The van der Waals surface area contributed by atoms with E-state index >= 15 is 0 Å². The molecule has 0 saturated carbocycles. The van der Waals surface area contributed by atoms with Gasteiger partial charge in [0.15, 0.2) is 0 Å². The molecule has 2 N–H and O–H groups in total. The second-order valence-corrected chi connectivity index (χ2v) is 0. The first-order valence-corrected chi connectivity index (χ1v) is 0. The fourth-order valence-electron chi connectivity index (χ4n) is 0. The maximum Gasteiger partial charge on any atom is 1.00 e. The molecule has 0 bridgehead atoms. The van der Waals surface area contributed by atoms with Gasteiger partial charge in [-0.15, -0.1) is 0 Å². The van der Waals surface area contributed by atoms with E-state index in [1.807, 2.05) is 0 Å². The zero-order chi connectivity index (χ0) is 0. The molecule has 2 radical (unpaired) electrons. The first kappa shape index (κ1) is 60.3. The Morgan fingerprint density at radius 1 is 1.17 bits per heavy atom. The van der Waals surface area contributed by atoms with Crippen molar-refractivity contribution >= 4 is 0 Å². The summed E-state index contributed by atoms with van der Waals surface area (Å²) >= 11 is 0. The Morgan fingerprint density at radius 2 is 1.17 bits per heavy atom. The van der Waals surface area contributed by atoms with Crippen molar-refractivity contribution in [1.29, 1.82) is 0 Å². The van der Waals surface area contributed by atoms with Crippen LogP contribution < -0.4 is 29.6 Å². The van der Waals surface area contributed by atoms with Crippen LogP contribution in [0.4, 0.5) is 0 Å². The van der Waals surface area contributed by atoms with Gasteiger partial charge in [0.25, 0.3) is 0 Å². The number of hydrogen-bond acceptors (Lipinski definition) is 0. The van der Waals surface area contributed by atoms with Crippen LogP contribution in [0.5, 0.6) is 0 Å². The Bertz CT molecular complexity index is 19.7. The van der Waals surface area contributed by atoms with Crippen molar-refractivity contribution in [2.24, 2.45) is 0 Å². The summed E-state index contributed by atoms with van der Waals surface area (Å²) in [7, 11) is 0. The average molecular weight is 267 g/mol. The largest absolute Gasteiger partial charge is 1.00 e. The van der Waals surface area contributed by atoms with Crippen molar-refractivity contribution in [3.8, 4) is 0 Å². The molecule has 0 unspecified atom stereocenters. The maximum absolute atomic E-state index is 0. The molecule has 0 fully saturated rings. The van der Waals surface area contributed by atoms with Gasteiger partial charge in [0.2, 0.25) is 0 Å². The van der Waals surface area contributed by atoms with Crippen molar-refractivity contribution in [3.63, 3.8) is 0 Å². The quantitative estimate of drug-likeness (QED) is 0.404. The fraction of sp³-hybridized carbons (Fsp3) is 0. The second-order valence-electron chi connectivity index (χ2n) is 0. The predicted molar refractivity (Wildman–Crippen MR) is 4.73 cm³/mol. The molecule has 0 heterocycles. The molecule has 6 heavy (non-hydrogen) atoms. The van der Waals surface area contributed by atoms with Crippen molar-refractivity contribution in [2.75, 3.05) is 0 Å². The summed E-state index contributed by atoms with van der Waals surface area (Å²) in [6, 6.07) is 0. The van der Waals surface area contributed by atoms with Crippen LogP contribution in [0.2, 0.25) is 0 Å². The van der Waals surface area contributed by atoms with E-state index in [0.29, 0.717) is 0 Å². The van der Waals surface area contributed by atoms with E-state index in [1.54, 1.807) is 0 Å². The van der Waals surface area contributed by atoms with E-state index in [-0.39, 0.29) is 109 Å². The van der Waals surface area contributed by atoms with Crippen LogP contribution in [0.25, 0.3) is 0 Å². The van der Waals surface area contributed by atoms with Crippen molar-refractivity contribution in [1.82, 2.24) is 0 Å². The third-order valence-electron chi connectivity index (χ3n) is 0. The summed E-state index contributed by atoms with van der Waals surface area (Å²) in [4.78, 5) is 0. The smallest absolute Gasteiger partial charge is 1.00 e. The van der Waals surface area contributed by atoms with Gasteiger partial charge in [-0.1, -0.05) is 0 Å². The van der Waals surface area contributed by atoms with Crippen LogP contribution in [0, 0.1) is 0 Å². The zero-order valence-corrected chi connectivity index (χ0v) is 9.67.